The van der Waals surface area contributed by atoms with Gasteiger partial charge in [-0.15, -0.1) is 0 Å². The highest BCUT2D eigenvalue weighted by atomic mass is 16.6. The minimum absolute atomic E-state index is 0.00153. The quantitative estimate of drug-likeness (QED) is 0.897. The van der Waals surface area contributed by atoms with Crippen molar-refractivity contribution in [2.45, 2.75) is 57.7 Å². The van der Waals surface area contributed by atoms with Crippen LogP contribution in [0.5, 0.6) is 11.5 Å². The number of rotatable bonds is 4. The molecule has 1 N–H and O–H groups in total. The van der Waals surface area contributed by atoms with E-state index in [2.05, 4.69) is 29.5 Å². The Bertz CT molecular complexity index is 856. The average Bonchev–Trinajstić information content (AvgIpc) is 2.70. The molecule has 0 radical (unpaired) electrons. The van der Waals surface area contributed by atoms with Crippen LogP contribution in [0.2, 0.25) is 0 Å². The first-order valence-electron chi connectivity index (χ1n) is 9.82. The highest BCUT2D eigenvalue weighted by Gasteiger charge is 2.25. The molecule has 1 aliphatic carbocycles. The van der Waals surface area contributed by atoms with Gasteiger partial charge in [-0.05, 0) is 63.3 Å². The van der Waals surface area contributed by atoms with E-state index in [1.165, 1.54) is 5.56 Å². The van der Waals surface area contributed by atoms with Gasteiger partial charge in [-0.2, -0.15) is 5.10 Å². The molecule has 2 heterocycles. The van der Waals surface area contributed by atoms with Crippen LogP contribution in [0.3, 0.4) is 0 Å². The first kappa shape index (κ1) is 18.0. The molecule has 1 unspecified atom stereocenters. The average molecular weight is 369 g/mol. The third-order valence-electron chi connectivity index (χ3n) is 5.55. The summed E-state index contributed by atoms with van der Waals surface area (Å²) < 4.78 is 13.0. The van der Waals surface area contributed by atoms with Gasteiger partial charge in [0.15, 0.2) is 11.5 Å². The van der Waals surface area contributed by atoms with Crippen molar-refractivity contribution in [3.63, 3.8) is 0 Å². The predicted octanol–water partition coefficient (Wildman–Crippen LogP) is 3.16. The zero-order valence-corrected chi connectivity index (χ0v) is 16.0. The summed E-state index contributed by atoms with van der Waals surface area (Å²) >= 11 is 0. The molecule has 4 rings (SSSR count). The third-order valence-corrected chi connectivity index (χ3v) is 5.55. The second kappa shape index (κ2) is 7.72. The molecular formula is C21H27N3O3. The Hall–Kier alpha value is -2.34. The van der Waals surface area contributed by atoms with Gasteiger partial charge >= 0.3 is 0 Å². The van der Waals surface area contributed by atoms with Crippen LogP contribution in [0, 0.1) is 6.92 Å². The van der Waals surface area contributed by atoms with Crippen LogP contribution in [0.25, 0.3) is 0 Å². The normalized spacial score (nSPS) is 23.0. The minimum Gasteiger partial charge on any atom is -0.486 e. The Morgan fingerprint density at radius 2 is 1.81 bits per heavy atom. The summed E-state index contributed by atoms with van der Waals surface area (Å²) in [5, 5.41) is 8.16. The van der Waals surface area contributed by atoms with Crippen LogP contribution in [-0.4, -0.2) is 29.0 Å². The first-order chi connectivity index (χ1) is 13.1. The Labute approximate surface area is 159 Å². The minimum atomic E-state index is 0.00153. The summed E-state index contributed by atoms with van der Waals surface area (Å²) in [6, 6.07) is 10.5. The van der Waals surface area contributed by atoms with Crippen molar-refractivity contribution in [1.82, 2.24) is 15.1 Å². The number of benzene rings is 1. The number of ether oxygens (including phenoxy) is 2. The molecule has 0 saturated heterocycles. The van der Waals surface area contributed by atoms with Crippen molar-refractivity contribution in [3.05, 3.63) is 51.9 Å². The molecule has 2 aromatic rings. The standard InChI is InChI=1S/C21H27N3O3/c1-14-3-10-21(25)24(23-14)18-7-5-17(6-8-18)22-15(2)16-4-9-19-20(13-16)27-12-11-26-19/h3-4,9-10,13,15,17-18,22H,5-8,11-12H2,1-2H3. The number of fused-ring (bicyclic) bond motifs is 1. The topological polar surface area (TPSA) is 65.4 Å². The fraction of sp³-hybridized carbons (Fsp3) is 0.524. The van der Waals surface area contributed by atoms with Gasteiger partial charge in [0.05, 0.1) is 11.7 Å². The second-order valence-corrected chi connectivity index (χ2v) is 7.55. The number of nitrogens with one attached hydrogen (secondary N) is 1. The number of aryl methyl sites for hydroxylation is 1. The van der Waals surface area contributed by atoms with E-state index in [1.807, 2.05) is 13.0 Å². The van der Waals surface area contributed by atoms with Crippen molar-refractivity contribution < 1.29 is 9.47 Å². The molecule has 6 nitrogen and oxygen atoms in total. The largest absolute Gasteiger partial charge is 0.486 e. The molecule has 6 heteroatoms. The lowest BCUT2D eigenvalue weighted by Crippen LogP contribution is -2.37. The Kier molecular flexibility index (Phi) is 5.16. The highest BCUT2D eigenvalue weighted by molar-refractivity contribution is 5.44. The number of nitrogens with zero attached hydrogens (tertiary/aromatic N) is 2. The van der Waals surface area contributed by atoms with E-state index < -0.39 is 0 Å². The Morgan fingerprint density at radius 3 is 2.59 bits per heavy atom. The third kappa shape index (κ3) is 4.00. The summed E-state index contributed by atoms with van der Waals surface area (Å²) in [5.41, 5.74) is 2.10. The molecule has 1 fully saturated rings. The van der Waals surface area contributed by atoms with Crippen molar-refractivity contribution in [2.24, 2.45) is 0 Å². The lowest BCUT2D eigenvalue weighted by Gasteiger charge is -2.32. The summed E-state index contributed by atoms with van der Waals surface area (Å²) in [6.45, 7) is 5.33. The molecule has 0 amide bonds. The van der Waals surface area contributed by atoms with E-state index in [0.717, 1.165) is 42.9 Å². The molecule has 27 heavy (non-hydrogen) atoms. The van der Waals surface area contributed by atoms with Gasteiger partial charge in [0.25, 0.3) is 5.56 Å². The van der Waals surface area contributed by atoms with Gasteiger partial charge in [0.2, 0.25) is 0 Å². The smallest absolute Gasteiger partial charge is 0.267 e. The van der Waals surface area contributed by atoms with E-state index in [1.54, 1.807) is 16.8 Å². The zero-order chi connectivity index (χ0) is 18.8. The highest BCUT2D eigenvalue weighted by Crippen LogP contribution is 2.33. The van der Waals surface area contributed by atoms with Gasteiger partial charge < -0.3 is 14.8 Å². The molecule has 1 aliphatic heterocycles. The van der Waals surface area contributed by atoms with E-state index in [0.29, 0.717) is 19.3 Å². The SMILES string of the molecule is Cc1ccc(=O)n(C2CCC(NC(C)c3ccc4c(c3)OCCO4)CC2)n1. The van der Waals surface area contributed by atoms with E-state index >= 15 is 0 Å². The number of hydrogen-bond acceptors (Lipinski definition) is 5. The maximum absolute atomic E-state index is 12.1. The summed E-state index contributed by atoms with van der Waals surface area (Å²) in [6.07, 6.45) is 4.03. The zero-order valence-electron chi connectivity index (χ0n) is 16.0. The van der Waals surface area contributed by atoms with Gasteiger partial charge in [-0.25, -0.2) is 4.68 Å². The van der Waals surface area contributed by atoms with Crippen LogP contribution in [0.4, 0.5) is 0 Å². The van der Waals surface area contributed by atoms with E-state index in [9.17, 15) is 4.79 Å². The molecule has 1 aromatic carbocycles. The first-order valence-corrected chi connectivity index (χ1v) is 9.82. The number of aromatic nitrogens is 2. The molecule has 1 atom stereocenters. The second-order valence-electron chi connectivity index (χ2n) is 7.55. The monoisotopic (exact) mass is 369 g/mol. The number of hydrogen-bond donors (Lipinski definition) is 1. The van der Waals surface area contributed by atoms with Crippen LogP contribution < -0.4 is 20.3 Å². The van der Waals surface area contributed by atoms with Crippen LogP contribution in [0.1, 0.15) is 55.9 Å². The van der Waals surface area contributed by atoms with E-state index in [-0.39, 0.29) is 17.6 Å². The molecule has 144 valence electrons. The molecule has 0 spiro atoms. The van der Waals surface area contributed by atoms with Gasteiger partial charge in [-0.1, -0.05) is 6.07 Å². The van der Waals surface area contributed by atoms with Gasteiger partial charge in [-0.3, -0.25) is 4.79 Å². The van der Waals surface area contributed by atoms with Crippen LogP contribution in [-0.2, 0) is 0 Å². The molecule has 1 aromatic heterocycles. The molecular weight excluding hydrogens is 342 g/mol. The summed E-state index contributed by atoms with van der Waals surface area (Å²) in [5.74, 6) is 1.66. The summed E-state index contributed by atoms with van der Waals surface area (Å²) in [4.78, 5) is 12.1. The van der Waals surface area contributed by atoms with Crippen LogP contribution in [0.15, 0.2) is 35.1 Å². The fourth-order valence-electron chi connectivity index (χ4n) is 4.05. The van der Waals surface area contributed by atoms with E-state index in [4.69, 9.17) is 9.47 Å². The summed E-state index contributed by atoms with van der Waals surface area (Å²) in [7, 11) is 0. The van der Waals surface area contributed by atoms with Gasteiger partial charge in [0, 0.05) is 18.2 Å². The maximum atomic E-state index is 12.1. The molecule has 1 saturated carbocycles. The predicted molar refractivity (Wildman–Crippen MR) is 104 cm³/mol. The molecule has 0 bridgehead atoms. The Morgan fingerprint density at radius 1 is 1.07 bits per heavy atom. The Balaban J connectivity index is 1.36. The lowest BCUT2D eigenvalue weighted by atomic mass is 9.90. The maximum Gasteiger partial charge on any atom is 0.267 e. The van der Waals surface area contributed by atoms with Crippen molar-refractivity contribution >= 4 is 0 Å². The van der Waals surface area contributed by atoms with Crippen LogP contribution >= 0.6 is 0 Å². The molecule has 2 aliphatic rings. The lowest BCUT2D eigenvalue weighted by molar-refractivity contribution is 0.171. The van der Waals surface area contributed by atoms with Crippen molar-refractivity contribution in [3.8, 4) is 11.5 Å². The van der Waals surface area contributed by atoms with Crippen molar-refractivity contribution in [1.29, 1.82) is 0 Å². The fourth-order valence-corrected chi connectivity index (χ4v) is 4.05. The van der Waals surface area contributed by atoms with Crippen molar-refractivity contribution in [2.75, 3.05) is 13.2 Å². The van der Waals surface area contributed by atoms with Gasteiger partial charge in [0.1, 0.15) is 13.2 Å².